The van der Waals surface area contributed by atoms with Crippen molar-refractivity contribution in [3.8, 4) is 39.5 Å². The van der Waals surface area contributed by atoms with Crippen molar-refractivity contribution >= 4 is 17.7 Å². The number of fused-ring (bicyclic) bond motifs is 2. The third-order valence-corrected chi connectivity index (χ3v) is 11.1. The zero-order valence-corrected chi connectivity index (χ0v) is 31.6. The van der Waals surface area contributed by atoms with Crippen LogP contribution in [0.25, 0.3) is 28.3 Å². The smallest absolute Gasteiger partial charge is 0.343 e. The van der Waals surface area contributed by atoms with Gasteiger partial charge in [-0.05, 0) is 115 Å². The summed E-state index contributed by atoms with van der Waals surface area (Å²) < 4.78 is 18.5. The third-order valence-electron chi connectivity index (χ3n) is 11.1. The number of carbonyl (C=O) groups excluding carboxylic acids is 1. The highest BCUT2D eigenvalue weighted by molar-refractivity contribution is 5.91. The van der Waals surface area contributed by atoms with Crippen LogP contribution in [0.15, 0.2) is 121 Å². The molecular formula is C48H51NO4. The van der Waals surface area contributed by atoms with E-state index in [2.05, 4.69) is 99.5 Å². The molecule has 0 bridgehead atoms. The minimum absolute atomic E-state index is 0.242. The van der Waals surface area contributed by atoms with Crippen LogP contribution in [-0.2, 0) is 5.41 Å². The van der Waals surface area contributed by atoms with Gasteiger partial charge in [0, 0.05) is 18.3 Å². The average Bonchev–Trinajstić information content (AvgIpc) is 3.35. The molecule has 2 aliphatic rings. The molecule has 5 nitrogen and oxygen atoms in total. The Morgan fingerprint density at radius 1 is 0.679 bits per heavy atom. The first-order chi connectivity index (χ1) is 25.8. The van der Waals surface area contributed by atoms with E-state index in [-0.39, 0.29) is 11.4 Å². The number of carbonyl (C=O) groups is 1. The van der Waals surface area contributed by atoms with Gasteiger partial charge in [-0.3, -0.25) is 0 Å². The van der Waals surface area contributed by atoms with E-state index in [1.54, 1.807) is 0 Å². The third kappa shape index (κ3) is 7.48. The molecule has 0 radical (unpaired) electrons. The maximum Gasteiger partial charge on any atom is 0.343 e. The molecule has 2 aliphatic heterocycles. The summed E-state index contributed by atoms with van der Waals surface area (Å²) in [6.45, 7) is 7.50. The Bertz CT molecular complexity index is 2050. The SMILES string of the molecule is CCCCCCCCCCOc1ccc(-c2ccc(C(=O)Oc3ccc(-c4ccc5c(c4)C=C[C@]4(O5)N(C)c5ccccc5C4(C)C)cc3)cc2)cc1. The molecule has 1 spiro atoms. The maximum absolute atomic E-state index is 13.0. The van der Waals surface area contributed by atoms with Gasteiger partial charge in [0.1, 0.15) is 17.2 Å². The van der Waals surface area contributed by atoms with Crippen molar-refractivity contribution in [1.82, 2.24) is 0 Å². The fourth-order valence-corrected chi connectivity index (χ4v) is 7.81. The molecule has 5 heteroatoms. The van der Waals surface area contributed by atoms with E-state index in [1.807, 2.05) is 60.7 Å². The zero-order chi connectivity index (χ0) is 36.8. The van der Waals surface area contributed by atoms with Crippen LogP contribution in [0.4, 0.5) is 5.69 Å². The Morgan fingerprint density at radius 3 is 1.94 bits per heavy atom. The molecule has 5 aromatic rings. The van der Waals surface area contributed by atoms with E-state index in [4.69, 9.17) is 14.2 Å². The molecule has 0 N–H and O–H groups in total. The van der Waals surface area contributed by atoms with Crippen LogP contribution in [0.2, 0.25) is 0 Å². The van der Waals surface area contributed by atoms with Gasteiger partial charge in [0.2, 0.25) is 5.72 Å². The summed E-state index contributed by atoms with van der Waals surface area (Å²) in [7, 11) is 2.11. The van der Waals surface area contributed by atoms with E-state index in [0.717, 1.165) is 52.3 Å². The van der Waals surface area contributed by atoms with Crippen LogP contribution in [-0.4, -0.2) is 25.3 Å². The second-order valence-electron chi connectivity index (χ2n) is 14.9. The van der Waals surface area contributed by atoms with E-state index in [9.17, 15) is 4.79 Å². The Morgan fingerprint density at radius 2 is 1.26 bits per heavy atom. The quantitative estimate of drug-likeness (QED) is 0.0654. The van der Waals surface area contributed by atoms with Crippen molar-refractivity contribution in [1.29, 1.82) is 0 Å². The summed E-state index contributed by atoms with van der Waals surface area (Å²) >= 11 is 0. The predicted molar refractivity (Wildman–Crippen MR) is 217 cm³/mol. The normalized spacial score (nSPS) is 16.6. The molecule has 5 aromatic carbocycles. The average molecular weight is 706 g/mol. The number of nitrogens with zero attached hydrogens (tertiary/aromatic N) is 1. The Hall–Kier alpha value is -5.29. The van der Waals surface area contributed by atoms with Crippen molar-refractivity contribution in [2.45, 2.75) is 83.3 Å². The van der Waals surface area contributed by atoms with Gasteiger partial charge in [0.05, 0.1) is 17.6 Å². The van der Waals surface area contributed by atoms with Gasteiger partial charge in [-0.1, -0.05) is 113 Å². The van der Waals surface area contributed by atoms with E-state index in [1.165, 1.54) is 56.2 Å². The molecule has 7 rings (SSSR count). The number of para-hydroxylation sites is 1. The van der Waals surface area contributed by atoms with Gasteiger partial charge in [-0.15, -0.1) is 0 Å². The number of hydrogen-bond acceptors (Lipinski definition) is 5. The number of ether oxygens (including phenoxy) is 3. The molecule has 0 saturated heterocycles. The Balaban J connectivity index is 0.915. The standard InChI is InChI=1S/C48H51NO4/c1-5-6-7-8-9-10-11-14-33-51-41-26-21-36(22-27-41)35-17-19-38(20-18-35)46(50)52-42-28-23-37(24-29-42)39-25-30-45-40(34-39)31-32-48(53-45)47(2,3)43-15-12-13-16-44(43)49(48)4/h12-13,15-32,34H,5-11,14,33H2,1-4H3/t48-/m1/s1. The number of benzene rings is 5. The van der Waals surface area contributed by atoms with Gasteiger partial charge in [0.25, 0.3) is 0 Å². The first kappa shape index (κ1) is 36.1. The lowest BCUT2D eigenvalue weighted by molar-refractivity contribution is 0.0582. The van der Waals surface area contributed by atoms with Gasteiger partial charge < -0.3 is 19.1 Å². The molecule has 0 unspecified atom stereocenters. The Kier molecular flexibility index (Phi) is 10.7. The van der Waals surface area contributed by atoms with Crippen molar-refractivity contribution < 1.29 is 19.0 Å². The molecule has 2 heterocycles. The summed E-state index contributed by atoms with van der Waals surface area (Å²) in [5.41, 5.74) is 7.35. The van der Waals surface area contributed by atoms with E-state index in [0.29, 0.717) is 11.3 Å². The largest absolute Gasteiger partial charge is 0.494 e. The summed E-state index contributed by atoms with van der Waals surface area (Å²) in [4.78, 5) is 15.3. The molecule has 1 atom stereocenters. The second-order valence-corrected chi connectivity index (χ2v) is 14.9. The van der Waals surface area contributed by atoms with Gasteiger partial charge in [-0.25, -0.2) is 4.79 Å². The first-order valence-corrected chi connectivity index (χ1v) is 19.3. The number of unbranched alkanes of at least 4 members (excludes halogenated alkanes) is 7. The molecule has 0 aliphatic carbocycles. The lowest BCUT2D eigenvalue weighted by atomic mass is 9.76. The lowest BCUT2D eigenvalue weighted by Crippen LogP contribution is -2.58. The van der Waals surface area contributed by atoms with Crippen molar-refractivity contribution in [2.75, 3.05) is 18.6 Å². The molecule has 0 saturated carbocycles. The monoisotopic (exact) mass is 705 g/mol. The topological polar surface area (TPSA) is 48.0 Å². The van der Waals surface area contributed by atoms with Crippen LogP contribution in [0.5, 0.6) is 17.2 Å². The van der Waals surface area contributed by atoms with Gasteiger partial charge in [-0.2, -0.15) is 0 Å². The van der Waals surface area contributed by atoms with Crippen LogP contribution < -0.4 is 19.1 Å². The lowest BCUT2D eigenvalue weighted by Gasteiger charge is -2.45. The van der Waals surface area contributed by atoms with E-state index < -0.39 is 5.72 Å². The number of esters is 1. The minimum atomic E-state index is -0.607. The molecule has 0 aromatic heterocycles. The van der Waals surface area contributed by atoms with Gasteiger partial charge >= 0.3 is 5.97 Å². The molecule has 0 amide bonds. The van der Waals surface area contributed by atoms with Crippen molar-refractivity contribution in [3.63, 3.8) is 0 Å². The molecule has 0 fully saturated rings. The van der Waals surface area contributed by atoms with Crippen LogP contribution >= 0.6 is 0 Å². The number of likely N-dealkylation sites (N-methyl/N-ethyl adjacent to an activating group) is 1. The van der Waals surface area contributed by atoms with Crippen LogP contribution in [0.3, 0.4) is 0 Å². The summed E-state index contributed by atoms with van der Waals surface area (Å²) in [5.74, 6) is 1.86. The van der Waals surface area contributed by atoms with Crippen molar-refractivity contribution in [2.24, 2.45) is 0 Å². The predicted octanol–water partition coefficient (Wildman–Crippen LogP) is 12.3. The number of anilines is 1. The first-order valence-electron chi connectivity index (χ1n) is 19.3. The maximum atomic E-state index is 13.0. The highest BCUT2D eigenvalue weighted by atomic mass is 16.5. The molecule has 272 valence electrons. The van der Waals surface area contributed by atoms with E-state index >= 15 is 0 Å². The minimum Gasteiger partial charge on any atom is -0.494 e. The summed E-state index contributed by atoms with van der Waals surface area (Å²) in [6, 6.07) is 38.2. The van der Waals surface area contributed by atoms with Crippen LogP contribution in [0.1, 0.15) is 93.6 Å². The van der Waals surface area contributed by atoms with Crippen molar-refractivity contribution in [3.05, 3.63) is 138 Å². The molecular weight excluding hydrogens is 655 g/mol. The number of rotatable bonds is 14. The Labute approximate surface area is 315 Å². The van der Waals surface area contributed by atoms with Gasteiger partial charge in [0.15, 0.2) is 0 Å². The fourth-order valence-electron chi connectivity index (χ4n) is 7.81. The molecule has 53 heavy (non-hydrogen) atoms. The second kappa shape index (κ2) is 15.8. The highest BCUT2D eigenvalue weighted by Gasteiger charge is 2.57. The zero-order valence-electron chi connectivity index (χ0n) is 31.6. The fraction of sp³-hybridized carbons (Fsp3) is 0.312. The number of hydrogen-bond donors (Lipinski definition) is 0. The van der Waals surface area contributed by atoms with Crippen LogP contribution in [0, 0.1) is 0 Å². The summed E-state index contributed by atoms with van der Waals surface area (Å²) in [5, 5.41) is 0. The highest BCUT2D eigenvalue weighted by Crippen LogP contribution is 2.54. The summed E-state index contributed by atoms with van der Waals surface area (Å²) in [6.07, 6.45) is 14.7.